The predicted octanol–water partition coefficient (Wildman–Crippen LogP) is 0.0650. The zero-order valence-electron chi connectivity index (χ0n) is 12.0. The molecule has 0 spiro atoms. The Labute approximate surface area is 123 Å². The van der Waals surface area contributed by atoms with Crippen molar-refractivity contribution in [2.24, 2.45) is 5.73 Å². The highest BCUT2D eigenvalue weighted by molar-refractivity contribution is 6.04. The summed E-state index contributed by atoms with van der Waals surface area (Å²) in [6, 6.07) is 6.53. The van der Waals surface area contributed by atoms with Gasteiger partial charge in [-0.2, -0.15) is 0 Å². The SMILES string of the molecule is CN1C(=O)CCC(NC(=O)c2ccccc2CCN)C1=O. The molecule has 1 atom stereocenters. The zero-order valence-corrected chi connectivity index (χ0v) is 12.0. The number of imide groups is 1. The molecule has 6 heteroatoms. The van der Waals surface area contributed by atoms with Crippen LogP contribution in [0.15, 0.2) is 24.3 Å². The molecule has 1 aliphatic heterocycles. The Balaban J connectivity index is 2.11. The second-order valence-electron chi connectivity index (χ2n) is 5.05. The van der Waals surface area contributed by atoms with Gasteiger partial charge in [0.25, 0.3) is 11.8 Å². The molecule has 1 unspecified atom stereocenters. The molecule has 1 aliphatic rings. The Bertz CT molecular complexity index is 571. The molecule has 112 valence electrons. The summed E-state index contributed by atoms with van der Waals surface area (Å²) in [5.74, 6) is -0.884. The number of carbonyl (C=O) groups excluding carboxylic acids is 3. The molecule has 1 fully saturated rings. The van der Waals surface area contributed by atoms with Gasteiger partial charge in [-0.25, -0.2) is 0 Å². The van der Waals surface area contributed by atoms with Crippen LogP contribution in [0.3, 0.4) is 0 Å². The Morgan fingerprint density at radius 3 is 2.81 bits per heavy atom. The molecule has 1 aromatic carbocycles. The van der Waals surface area contributed by atoms with Crippen molar-refractivity contribution < 1.29 is 14.4 Å². The van der Waals surface area contributed by atoms with Crippen molar-refractivity contribution in [3.63, 3.8) is 0 Å². The lowest BCUT2D eigenvalue weighted by Crippen LogP contribution is -2.53. The summed E-state index contributed by atoms with van der Waals surface area (Å²) >= 11 is 0. The molecule has 0 bridgehead atoms. The van der Waals surface area contributed by atoms with E-state index in [0.29, 0.717) is 24.9 Å². The largest absolute Gasteiger partial charge is 0.340 e. The molecule has 3 N–H and O–H groups in total. The molecule has 1 aromatic rings. The maximum atomic E-state index is 12.3. The minimum absolute atomic E-state index is 0.214. The summed E-state index contributed by atoms with van der Waals surface area (Å²) < 4.78 is 0. The monoisotopic (exact) mass is 289 g/mol. The van der Waals surface area contributed by atoms with Crippen molar-refractivity contribution >= 4 is 17.7 Å². The number of nitrogens with two attached hydrogens (primary N) is 1. The van der Waals surface area contributed by atoms with Crippen molar-refractivity contribution in [1.82, 2.24) is 10.2 Å². The van der Waals surface area contributed by atoms with Gasteiger partial charge in [-0.05, 0) is 31.0 Å². The van der Waals surface area contributed by atoms with E-state index in [1.54, 1.807) is 12.1 Å². The van der Waals surface area contributed by atoms with E-state index in [9.17, 15) is 14.4 Å². The van der Waals surface area contributed by atoms with E-state index < -0.39 is 6.04 Å². The normalized spacial score (nSPS) is 18.8. The molecule has 1 saturated heterocycles. The van der Waals surface area contributed by atoms with Crippen molar-refractivity contribution in [2.45, 2.75) is 25.3 Å². The summed E-state index contributed by atoms with van der Waals surface area (Å²) in [6.07, 6.45) is 1.20. The molecule has 3 amide bonds. The molecule has 1 heterocycles. The van der Waals surface area contributed by atoms with Crippen LogP contribution in [-0.4, -0.2) is 42.3 Å². The minimum atomic E-state index is -0.647. The lowest BCUT2D eigenvalue weighted by molar-refractivity contribution is -0.147. The second-order valence-corrected chi connectivity index (χ2v) is 5.05. The number of nitrogens with one attached hydrogen (secondary N) is 1. The predicted molar refractivity (Wildman–Crippen MR) is 77.5 cm³/mol. The van der Waals surface area contributed by atoms with Crippen LogP contribution < -0.4 is 11.1 Å². The van der Waals surface area contributed by atoms with Gasteiger partial charge in [0, 0.05) is 19.0 Å². The number of piperidine rings is 1. The molecule has 0 saturated carbocycles. The van der Waals surface area contributed by atoms with Gasteiger partial charge in [0.1, 0.15) is 6.04 Å². The Morgan fingerprint density at radius 2 is 2.10 bits per heavy atom. The number of benzene rings is 1. The number of likely N-dealkylation sites (N-methyl/N-ethyl adjacent to an activating group) is 1. The molecule has 0 aliphatic carbocycles. The van der Waals surface area contributed by atoms with Crippen LogP contribution in [0.2, 0.25) is 0 Å². The first-order valence-corrected chi connectivity index (χ1v) is 6.94. The van der Waals surface area contributed by atoms with E-state index in [-0.39, 0.29) is 24.1 Å². The van der Waals surface area contributed by atoms with Crippen LogP contribution in [0, 0.1) is 0 Å². The zero-order chi connectivity index (χ0) is 15.4. The maximum absolute atomic E-state index is 12.3. The van der Waals surface area contributed by atoms with Gasteiger partial charge < -0.3 is 11.1 Å². The first kappa shape index (κ1) is 15.2. The fraction of sp³-hybridized carbons (Fsp3) is 0.400. The van der Waals surface area contributed by atoms with Crippen molar-refractivity contribution in [1.29, 1.82) is 0 Å². The van der Waals surface area contributed by atoms with Crippen molar-refractivity contribution in [2.75, 3.05) is 13.6 Å². The molecule has 2 rings (SSSR count). The minimum Gasteiger partial charge on any atom is -0.340 e. The number of nitrogens with zero attached hydrogens (tertiary/aromatic N) is 1. The van der Waals surface area contributed by atoms with Gasteiger partial charge in [-0.3, -0.25) is 19.3 Å². The maximum Gasteiger partial charge on any atom is 0.252 e. The third-order valence-corrected chi connectivity index (χ3v) is 3.63. The van der Waals surface area contributed by atoms with Crippen molar-refractivity contribution in [3.05, 3.63) is 35.4 Å². The Hall–Kier alpha value is -2.21. The first-order chi connectivity index (χ1) is 10.0. The molecule has 6 nitrogen and oxygen atoms in total. The van der Waals surface area contributed by atoms with Gasteiger partial charge >= 0.3 is 0 Å². The topological polar surface area (TPSA) is 92.5 Å². The van der Waals surface area contributed by atoms with E-state index in [1.807, 2.05) is 12.1 Å². The van der Waals surface area contributed by atoms with Gasteiger partial charge in [-0.1, -0.05) is 18.2 Å². The Kier molecular flexibility index (Phi) is 4.70. The number of rotatable bonds is 4. The number of hydrogen-bond acceptors (Lipinski definition) is 4. The molecular weight excluding hydrogens is 270 g/mol. The van der Waals surface area contributed by atoms with E-state index in [0.717, 1.165) is 10.5 Å². The molecular formula is C15H19N3O3. The van der Waals surface area contributed by atoms with Crippen LogP contribution in [0.25, 0.3) is 0 Å². The summed E-state index contributed by atoms with van der Waals surface area (Å²) in [4.78, 5) is 36.8. The van der Waals surface area contributed by atoms with Crippen LogP contribution in [0.1, 0.15) is 28.8 Å². The molecule has 21 heavy (non-hydrogen) atoms. The Morgan fingerprint density at radius 1 is 1.38 bits per heavy atom. The van der Waals surface area contributed by atoms with E-state index in [2.05, 4.69) is 5.32 Å². The second kappa shape index (κ2) is 6.49. The van der Waals surface area contributed by atoms with Crippen molar-refractivity contribution in [3.8, 4) is 0 Å². The summed E-state index contributed by atoms with van der Waals surface area (Å²) in [5.41, 5.74) is 6.91. The fourth-order valence-corrected chi connectivity index (χ4v) is 2.40. The fourth-order valence-electron chi connectivity index (χ4n) is 2.40. The standard InChI is InChI=1S/C15H19N3O3/c1-18-13(19)7-6-12(15(18)21)17-14(20)11-5-3-2-4-10(11)8-9-16/h2-5,12H,6-9,16H2,1H3,(H,17,20). The highest BCUT2D eigenvalue weighted by Crippen LogP contribution is 2.14. The third kappa shape index (κ3) is 3.28. The van der Waals surface area contributed by atoms with Crippen LogP contribution in [0.4, 0.5) is 0 Å². The number of carbonyl (C=O) groups is 3. The van der Waals surface area contributed by atoms with Gasteiger partial charge in [0.05, 0.1) is 0 Å². The third-order valence-electron chi connectivity index (χ3n) is 3.63. The summed E-state index contributed by atoms with van der Waals surface area (Å²) in [5, 5.41) is 2.71. The number of hydrogen-bond donors (Lipinski definition) is 2. The molecule has 0 aromatic heterocycles. The van der Waals surface area contributed by atoms with Gasteiger partial charge in [0.15, 0.2) is 0 Å². The van der Waals surface area contributed by atoms with Crippen LogP contribution in [0.5, 0.6) is 0 Å². The summed E-state index contributed by atoms with van der Waals surface area (Å²) in [6.45, 7) is 0.448. The first-order valence-electron chi connectivity index (χ1n) is 6.94. The van der Waals surface area contributed by atoms with Crippen LogP contribution >= 0.6 is 0 Å². The average Bonchev–Trinajstić information content (AvgIpc) is 2.49. The lowest BCUT2D eigenvalue weighted by atomic mass is 10.0. The summed E-state index contributed by atoms with van der Waals surface area (Å²) in [7, 11) is 1.44. The van der Waals surface area contributed by atoms with E-state index in [1.165, 1.54) is 7.05 Å². The highest BCUT2D eigenvalue weighted by Gasteiger charge is 2.33. The van der Waals surface area contributed by atoms with Gasteiger partial charge in [-0.15, -0.1) is 0 Å². The van der Waals surface area contributed by atoms with E-state index in [4.69, 9.17) is 5.73 Å². The van der Waals surface area contributed by atoms with E-state index >= 15 is 0 Å². The highest BCUT2D eigenvalue weighted by atomic mass is 16.2. The number of likely N-dealkylation sites (tertiary alicyclic amines) is 1. The smallest absolute Gasteiger partial charge is 0.252 e. The molecule has 0 radical (unpaired) electrons. The lowest BCUT2D eigenvalue weighted by Gasteiger charge is -2.28. The van der Waals surface area contributed by atoms with Crippen LogP contribution in [-0.2, 0) is 16.0 Å². The average molecular weight is 289 g/mol. The quantitative estimate of drug-likeness (QED) is 0.767. The van der Waals surface area contributed by atoms with Gasteiger partial charge in [0.2, 0.25) is 5.91 Å². The number of amides is 3.